The van der Waals surface area contributed by atoms with Crippen LogP contribution >= 0.6 is 11.8 Å². The number of pyridine rings is 2. The molecule has 3 aliphatic heterocycles. The van der Waals surface area contributed by atoms with Gasteiger partial charge in [0.05, 0.1) is 59.6 Å². The van der Waals surface area contributed by atoms with E-state index in [0.717, 1.165) is 13.1 Å². The molecular formula is C59H99N7O17S. The van der Waals surface area contributed by atoms with E-state index in [1.807, 2.05) is 32.8 Å². The first kappa shape index (κ1) is 70.7. The van der Waals surface area contributed by atoms with E-state index in [-0.39, 0.29) is 61.9 Å². The number of cyclic esters (lactones) is 1. The number of oxime groups is 1. The Morgan fingerprint density at radius 2 is 1.62 bits per heavy atom. The minimum atomic E-state index is -2.00. The van der Waals surface area contributed by atoms with Crippen LogP contribution < -0.4 is 15.8 Å². The van der Waals surface area contributed by atoms with Gasteiger partial charge in [-0.2, -0.15) is 0 Å². The molecule has 0 aliphatic carbocycles. The van der Waals surface area contributed by atoms with E-state index in [1.54, 1.807) is 79.8 Å². The van der Waals surface area contributed by atoms with Crippen LogP contribution in [-0.2, 0) is 47.6 Å². The Morgan fingerprint density at radius 1 is 0.940 bits per heavy atom. The number of hydrogen-bond acceptors (Lipinski definition) is 23. The lowest BCUT2D eigenvalue weighted by atomic mass is 9.73. The standard InChI is InChI=1S/C59H99N7O17S/c1-18-43-59(12,75)50(70)35(6)46(62-77-25-24-65(19-2)20-3)33(4)29-57(10,74)51(83-56-48(69)42(63(13)14)27-34(5)78-56)36(7)49(37(8)55(73)80-43)82-45-30-58(11,76-17)52(38(9)79-45)81-44(67)21-22-60-23-26-84-39-28-40-47(68)41(54(71)72)32-66(64(15)16)53(40)61-31-39/h28,31-38,42-43,45,48-52,56,60,69-70,74-75H,18-27,29-30H2,1-17H3,(H,71,72)/b62-46+/t33-,34-,35?,36+,37-,38+,42+,43-,45+,48-,49+,50-,51-,52+,56+,57-,58-,59-/m1/s1. The lowest BCUT2D eigenvalue weighted by Gasteiger charge is -2.49. The number of thioether (sulfide) groups is 1. The molecule has 18 atom stereocenters. The number of nitrogens with zero attached hydrogens (tertiary/aromatic N) is 6. The zero-order valence-electron chi connectivity index (χ0n) is 52.6. The maximum atomic E-state index is 14.8. The number of esters is 2. The number of rotatable bonds is 23. The monoisotopic (exact) mass is 1210 g/mol. The molecule has 2 aromatic rings. The minimum absolute atomic E-state index is 0.00157. The quantitative estimate of drug-likeness (QED) is 0.0398. The van der Waals surface area contributed by atoms with Crippen LogP contribution in [0.15, 0.2) is 33.3 Å². The van der Waals surface area contributed by atoms with Gasteiger partial charge in [0.25, 0.3) is 0 Å². The number of likely N-dealkylation sites (N-methyl/N-ethyl adjacent to an activating group) is 2. The van der Waals surface area contributed by atoms with Crippen molar-refractivity contribution in [2.75, 3.05) is 85.4 Å². The maximum Gasteiger partial charge on any atom is 0.341 e. The molecule has 24 nitrogen and oxygen atoms in total. The first-order valence-electron chi connectivity index (χ1n) is 29.6. The molecule has 25 heteroatoms. The van der Waals surface area contributed by atoms with Gasteiger partial charge in [-0.25, -0.2) is 14.5 Å². The summed E-state index contributed by atoms with van der Waals surface area (Å²) in [6.07, 6.45) is -7.28. The smallest absolute Gasteiger partial charge is 0.341 e. The Kier molecular flexibility index (Phi) is 25.8. The average molecular weight is 1210 g/mol. The summed E-state index contributed by atoms with van der Waals surface area (Å²) < 4.78 is 46.6. The summed E-state index contributed by atoms with van der Waals surface area (Å²) in [5, 5.41) is 68.7. The Hall–Kier alpha value is -4.09. The number of carboxylic acid groups (broad SMARTS) is 1. The van der Waals surface area contributed by atoms with Crippen molar-refractivity contribution >= 4 is 46.4 Å². The molecule has 0 radical (unpaired) electrons. The van der Waals surface area contributed by atoms with E-state index >= 15 is 0 Å². The highest BCUT2D eigenvalue weighted by Crippen LogP contribution is 2.42. The van der Waals surface area contributed by atoms with Crippen molar-refractivity contribution in [1.82, 2.24) is 24.8 Å². The lowest BCUT2D eigenvalue weighted by Crippen LogP contribution is -2.61. The van der Waals surface area contributed by atoms with Gasteiger partial charge in [-0.05, 0) is 94.1 Å². The number of methoxy groups -OCH3 is 1. The van der Waals surface area contributed by atoms with Gasteiger partial charge in [0, 0.05) is 94.1 Å². The Bertz CT molecular complexity index is 2570. The molecule has 3 fully saturated rings. The number of carbonyl (C=O) groups is 3. The molecule has 3 saturated heterocycles. The topological polar surface area (TPSA) is 295 Å². The van der Waals surface area contributed by atoms with Gasteiger partial charge in [-0.1, -0.05) is 46.7 Å². The summed E-state index contributed by atoms with van der Waals surface area (Å²) in [5.41, 5.74) is -5.32. The average Bonchev–Trinajstić information content (AvgIpc) is 2.25. The largest absolute Gasteiger partial charge is 0.477 e. The van der Waals surface area contributed by atoms with Gasteiger partial charge < -0.3 is 83.7 Å². The molecule has 0 bridgehead atoms. The second-order valence-electron chi connectivity index (χ2n) is 24.2. The third kappa shape index (κ3) is 17.2. The Balaban J connectivity index is 1.39. The van der Waals surface area contributed by atoms with Crippen LogP contribution in [0.2, 0.25) is 0 Å². The second kappa shape index (κ2) is 30.7. The minimum Gasteiger partial charge on any atom is -0.477 e. The zero-order chi connectivity index (χ0) is 62.8. The van der Waals surface area contributed by atoms with Crippen molar-refractivity contribution in [3.8, 4) is 0 Å². The molecule has 0 saturated carbocycles. The van der Waals surface area contributed by atoms with Crippen molar-refractivity contribution in [2.24, 2.45) is 28.8 Å². The number of hydrogen-bond donors (Lipinski definition) is 6. The van der Waals surface area contributed by atoms with Crippen LogP contribution in [0.1, 0.15) is 126 Å². The molecule has 478 valence electrons. The van der Waals surface area contributed by atoms with E-state index in [9.17, 15) is 44.7 Å². The molecule has 0 aromatic carbocycles. The van der Waals surface area contributed by atoms with E-state index in [4.69, 9.17) is 38.0 Å². The summed E-state index contributed by atoms with van der Waals surface area (Å²) in [5.74, 6) is -5.63. The molecule has 3 aliphatic rings. The molecule has 0 amide bonds. The third-order valence-electron chi connectivity index (χ3n) is 17.2. The van der Waals surface area contributed by atoms with Gasteiger partial charge in [0.1, 0.15) is 35.6 Å². The van der Waals surface area contributed by atoms with E-state index in [1.165, 1.54) is 36.7 Å². The Morgan fingerprint density at radius 3 is 2.23 bits per heavy atom. The summed E-state index contributed by atoms with van der Waals surface area (Å²) in [6, 6.07) is 1.26. The molecule has 84 heavy (non-hydrogen) atoms. The number of aromatic carboxylic acids is 1. The Labute approximate surface area is 500 Å². The maximum absolute atomic E-state index is 14.8. The first-order valence-corrected chi connectivity index (χ1v) is 30.6. The normalized spacial score (nSPS) is 35.2. The number of aromatic nitrogens is 2. The lowest BCUT2D eigenvalue weighted by molar-refractivity contribution is -0.318. The molecule has 5 heterocycles. The van der Waals surface area contributed by atoms with Gasteiger partial charge in [-0.3, -0.25) is 14.4 Å². The van der Waals surface area contributed by atoms with Crippen LogP contribution in [0.5, 0.6) is 0 Å². The van der Waals surface area contributed by atoms with Gasteiger partial charge >= 0.3 is 17.9 Å². The highest BCUT2D eigenvalue weighted by molar-refractivity contribution is 7.99. The third-order valence-corrected chi connectivity index (χ3v) is 18.1. The van der Waals surface area contributed by atoms with Crippen LogP contribution in [0.3, 0.4) is 0 Å². The van der Waals surface area contributed by atoms with Crippen molar-refractivity contribution in [3.63, 3.8) is 0 Å². The highest BCUT2D eigenvalue weighted by atomic mass is 32.2. The number of aliphatic hydroxyl groups excluding tert-OH is 2. The zero-order valence-corrected chi connectivity index (χ0v) is 53.4. The predicted molar refractivity (Wildman–Crippen MR) is 318 cm³/mol. The first-order chi connectivity index (χ1) is 39.4. The van der Waals surface area contributed by atoms with Gasteiger partial charge in [0.2, 0.25) is 5.43 Å². The van der Waals surface area contributed by atoms with Gasteiger partial charge in [-0.15, -0.1) is 11.8 Å². The van der Waals surface area contributed by atoms with Crippen LogP contribution in [-0.4, -0.2) is 233 Å². The number of fused-ring (bicyclic) bond motifs is 1. The molecule has 0 spiro atoms. The number of ether oxygens (including phenoxy) is 7. The number of nitrogens with one attached hydrogen (secondary N) is 1. The van der Waals surface area contributed by atoms with Crippen molar-refractivity contribution in [1.29, 1.82) is 0 Å². The fourth-order valence-corrected chi connectivity index (χ4v) is 12.9. The predicted octanol–water partition coefficient (Wildman–Crippen LogP) is 3.86. The number of aliphatic hydroxyl groups is 4. The fourth-order valence-electron chi connectivity index (χ4n) is 12.1. The van der Waals surface area contributed by atoms with Crippen LogP contribution in [0, 0.1) is 23.7 Å². The molecule has 2 aromatic heterocycles. The van der Waals surface area contributed by atoms with E-state index in [0.29, 0.717) is 41.5 Å². The summed E-state index contributed by atoms with van der Waals surface area (Å²) in [7, 11) is 8.64. The summed E-state index contributed by atoms with van der Waals surface area (Å²) >= 11 is 1.41. The number of carboxylic acids is 1. The van der Waals surface area contributed by atoms with Crippen LogP contribution in [0.4, 0.5) is 0 Å². The summed E-state index contributed by atoms with van der Waals surface area (Å²) in [4.78, 5) is 68.4. The fraction of sp³-hybridized carbons (Fsp3) is 0.797. The van der Waals surface area contributed by atoms with Crippen LogP contribution in [0.25, 0.3) is 11.0 Å². The van der Waals surface area contributed by atoms with E-state index < -0.39 is 119 Å². The molecular weight excluding hydrogens is 1110 g/mol. The molecule has 6 N–H and O–H groups in total. The second-order valence-corrected chi connectivity index (χ2v) is 25.3. The van der Waals surface area contributed by atoms with Gasteiger partial charge in [0.15, 0.2) is 24.3 Å². The summed E-state index contributed by atoms with van der Waals surface area (Å²) in [6.45, 7) is 24.4. The van der Waals surface area contributed by atoms with E-state index in [2.05, 4.69) is 34.2 Å². The SMILES string of the molecule is CC[C@H]1OC(=O)[C@H](C)[C@@H](O[C@H]2C[C@@](C)(OC)[C@@H](OC(=O)CCNCCSc3cnc4c(c3)c(=O)c(C(=O)O)cn4N(C)C)[C@H](C)O2)[C@H](C)[C@@H](O[C@@H]2O[C@H](C)C[C@H](N(C)C)[C@H]2O)[C@](C)(O)C[C@@H](C)/C(=N\OCCN(CC)CC)C(C)[C@@H](O)[C@]1(C)O. The number of carbonyl (C=O) groups excluding carboxylic acids is 2. The molecule has 1 unspecified atom stereocenters. The van der Waals surface area contributed by atoms with Crippen molar-refractivity contribution < 1.29 is 77.9 Å². The van der Waals surface area contributed by atoms with Crippen molar-refractivity contribution in [3.05, 3.63) is 34.2 Å². The van der Waals surface area contributed by atoms with Crippen molar-refractivity contribution in [2.45, 2.75) is 204 Å². The highest BCUT2D eigenvalue weighted by Gasteiger charge is 2.54. The molecule has 5 rings (SSSR count).